The maximum Gasteiger partial charge on any atom is 0.290 e. The number of ketones is 1. The number of aliphatic hydroxyl groups is 1. The number of Topliss-reactive ketones (excluding diaryl/α,β-unsaturated/α-hetero) is 1. The molecule has 1 amide bonds. The van der Waals surface area contributed by atoms with Crippen molar-refractivity contribution < 1.29 is 19.4 Å². The number of methoxy groups -OCH3 is 1. The van der Waals surface area contributed by atoms with Crippen LogP contribution < -0.4 is 4.74 Å². The first kappa shape index (κ1) is 17.2. The molecule has 1 aromatic heterocycles. The van der Waals surface area contributed by atoms with E-state index in [1.807, 2.05) is 19.1 Å². The predicted molar refractivity (Wildman–Crippen MR) is 96.0 cm³/mol. The molecule has 1 aliphatic rings. The maximum absolute atomic E-state index is 12.9. The molecule has 6 heteroatoms. The number of hydrogen-bond acceptors (Lipinski definition) is 5. The van der Waals surface area contributed by atoms with Crippen molar-refractivity contribution in [3.05, 3.63) is 63.6 Å². The standard InChI is InChI=1S/C19H19NO4S/c1-3-10-20-16(12-6-8-13(24-2)9-7-12)15(18(22)19(20)23)17(21)14-5-4-11-25-14/h4-9,11,16,22H,3,10H2,1-2H3/t16-/m0/s1. The third-order valence-electron chi connectivity index (χ3n) is 4.19. The zero-order valence-corrected chi connectivity index (χ0v) is 14.9. The lowest BCUT2D eigenvalue weighted by Crippen LogP contribution is -2.31. The van der Waals surface area contributed by atoms with Crippen molar-refractivity contribution in [2.45, 2.75) is 19.4 Å². The summed E-state index contributed by atoms with van der Waals surface area (Å²) in [5.74, 6) is -0.565. The van der Waals surface area contributed by atoms with Crippen molar-refractivity contribution in [2.24, 2.45) is 0 Å². The van der Waals surface area contributed by atoms with Gasteiger partial charge in [-0.3, -0.25) is 9.59 Å². The summed E-state index contributed by atoms with van der Waals surface area (Å²) < 4.78 is 5.17. The Kier molecular flexibility index (Phi) is 4.90. The largest absolute Gasteiger partial charge is 0.503 e. The zero-order chi connectivity index (χ0) is 18.0. The number of carbonyl (C=O) groups excluding carboxylic acids is 2. The summed E-state index contributed by atoms with van der Waals surface area (Å²) in [5.41, 5.74) is 0.914. The molecule has 25 heavy (non-hydrogen) atoms. The summed E-state index contributed by atoms with van der Waals surface area (Å²) in [6.45, 7) is 2.41. The molecule has 2 heterocycles. The van der Waals surface area contributed by atoms with Gasteiger partial charge in [0, 0.05) is 6.54 Å². The van der Waals surface area contributed by atoms with E-state index in [9.17, 15) is 14.7 Å². The molecule has 0 saturated heterocycles. The fourth-order valence-electron chi connectivity index (χ4n) is 3.03. The Hall–Kier alpha value is -2.60. The van der Waals surface area contributed by atoms with Crippen LogP contribution >= 0.6 is 11.3 Å². The van der Waals surface area contributed by atoms with Gasteiger partial charge in [0.2, 0.25) is 5.78 Å². The molecule has 0 radical (unpaired) electrons. The van der Waals surface area contributed by atoms with Crippen LogP contribution in [0.4, 0.5) is 0 Å². The molecule has 130 valence electrons. The molecule has 3 rings (SSSR count). The Morgan fingerprint density at radius 2 is 2.00 bits per heavy atom. The molecule has 0 spiro atoms. The number of rotatable bonds is 6. The minimum absolute atomic E-state index is 0.145. The van der Waals surface area contributed by atoms with Gasteiger partial charge in [0.15, 0.2) is 5.76 Å². The van der Waals surface area contributed by atoms with E-state index < -0.39 is 17.7 Å². The maximum atomic E-state index is 12.9. The van der Waals surface area contributed by atoms with Crippen LogP contribution in [0.15, 0.2) is 53.1 Å². The Bertz CT molecular complexity index is 808. The van der Waals surface area contributed by atoms with Crippen molar-refractivity contribution in [2.75, 3.05) is 13.7 Å². The summed E-state index contributed by atoms with van der Waals surface area (Å²) in [6, 6.07) is 10.1. The highest BCUT2D eigenvalue weighted by molar-refractivity contribution is 7.12. The fourth-order valence-corrected chi connectivity index (χ4v) is 3.71. The normalized spacial score (nSPS) is 17.3. The molecule has 2 aromatic rings. The van der Waals surface area contributed by atoms with Gasteiger partial charge in [-0.05, 0) is 35.6 Å². The average molecular weight is 357 g/mol. The van der Waals surface area contributed by atoms with Crippen molar-refractivity contribution in [1.82, 2.24) is 4.90 Å². The third kappa shape index (κ3) is 3.05. The van der Waals surface area contributed by atoms with Crippen LogP contribution in [0.2, 0.25) is 0 Å². The van der Waals surface area contributed by atoms with Crippen LogP contribution in [0.1, 0.15) is 34.6 Å². The average Bonchev–Trinajstić information content (AvgIpc) is 3.25. The monoisotopic (exact) mass is 357 g/mol. The van der Waals surface area contributed by atoms with Crippen LogP contribution in [0.5, 0.6) is 5.75 Å². The number of ether oxygens (including phenoxy) is 1. The number of nitrogens with zero attached hydrogens (tertiary/aromatic N) is 1. The Morgan fingerprint density at radius 1 is 1.28 bits per heavy atom. The van der Waals surface area contributed by atoms with E-state index in [1.165, 1.54) is 11.3 Å². The van der Waals surface area contributed by atoms with Crippen molar-refractivity contribution in [3.8, 4) is 5.75 Å². The topological polar surface area (TPSA) is 66.8 Å². The Balaban J connectivity index is 2.07. The highest BCUT2D eigenvalue weighted by Crippen LogP contribution is 2.39. The smallest absolute Gasteiger partial charge is 0.290 e. The molecule has 0 bridgehead atoms. The molecule has 0 saturated carbocycles. The number of carbonyl (C=O) groups is 2. The van der Waals surface area contributed by atoms with Gasteiger partial charge in [-0.25, -0.2) is 0 Å². The number of amides is 1. The van der Waals surface area contributed by atoms with E-state index >= 15 is 0 Å². The second-order valence-electron chi connectivity index (χ2n) is 5.74. The van der Waals surface area contributed by atoms with Gasteiger partial charge < -0.3 is 14.7 Å². The Morgan fingerprint density at radius 3 is 2.56 bits per heavy atom. The van der Waals surface area contributed by atoms with Crippen LogP contribution in [0.3, 0.4) is 0 Å². The van der Waals surface area contributed by atoms with E-state index in [2.05, 4.69) is 0 Å². The second-order valence-corrected chi connectivity index (χ2v) is 6.69. The highest BCUT2D eigenvalue weighted by atomic mass is 32.1. The number of thiophene rings is 1. The summed E-state index contributed by atoms with van der Waals surface area (Å²) in [7, 11) is 1.58. The van der Waals surface area contributed by atoms with Gasteiger partial charge >= 0.3 is 0 Å². The summed E-state index contributed by atoms with van der Waals surface area (Å²) in [6.07, 6.45) is 0.728. The number of aliphatic hydroxyl groups excluding tert-OH is 1. The molecule has 0 fully saturated rings. The van der Waals surface area contributed by atoms with E-state index in [0.29, 0.717) is 17.2 Å². The molecule has 0 aliphatic carbocycles. The molecule has 1 N–H and O–H groups in total. The van der Waals surface area contributed by atoms with Crippen LogP contribution in [0, 0.1) is 0 Å². The lowest BCUT2D eigenvalue weighted by atomic mass is 9.95. The van der Waals surface area contributed by atoms with Gasteiger partial charge in [0.25, 0.3) is 5.91 Å². The SMILES string of the molecule is CCCN1C(=O)C(O)=C(C(=O)c2cccs2)[C@@H]1c1ccc(OC)cc1. The van der Waals surface area contributed by atoms with Gasteiger partial charge in [0.05, 0.1) is 23.6 Å². The van der Waals surface area contributed by atoms with Crippen molar-refractivity contribution in [3.63, 3.8) is 0 Å². The predicted octanol–water partition coefficient (Wildman–Crippen LogP) is 3.75. The molecular weight excluding hydrogens is 338 g/mol. The Labute approximate surface area is 150 Å². The van der Waals surface area contributed by atoms with E-state index in [-0.39, 0.29) is 11.4 Å². The van der Waals surface area contributed by atoms with Gasteiger partial charge in [0.1, 0.15) is 5.75 Å². The summed E-state index contributed by atoms with van der Waals surface area (Å²) in [5, 5.41) is 12.2. The zero-order valence-electron chi connectivity index (χ0n) is 14.1. The first-order valence-electron chi connectivity index (χ1n) is 8.04. The van der Waals surface area contributed by atoms with Gasteiger partial charge in [-0.2, -0.15) is 0 Å². The van der Waals surface area contributed by atoms with E-state index in [4.69, 9.17) is 4.74 Å². The first-order valence-corrected chi connectivity index (χ1v) is 8.92. The van der Waals surface area contributed by atoms with E-state index in [1.54, 1.807) is 41.7 Å². The van der Waals surface area contributed by atoms with Gasteiger partial charge in [-0.1, -0.05) is 25.1 Å². The molecule has 1 aliphatic heterocycles. The molecule has 0 unspecified atom stereocenters. The molecule has 1 atom stereocenters. The highest BCUT2D eigenvalue weighted by Gasteiger charge is 2.43. The minimum Gasteiger partial charge on any atom is -0.503 e. The number of hydrogen-bond donors (Lipinski definition) is 1. The molecule has 5 nitrogen and oxygen atoms in total. The molecular formula is C19H19NO4S. The van der Waals surface area contributed by atoms with Crippen LogP contribution in [-0.2, 0) is 4.79 Å². The van der Waals surface area contributed by atoms with Crippen molar-refractivity contribution in [1.29, 1.82) is 0 Å². The third-order valence-corrected chi connectivity index (χ3v) is 5.06. The minimum atomic E-state index is -0.590. The molecule has 1 aromatic carbocycles. The first-order chi connectivity index (χ1) is 12.1. The van der Waals surface area contributed by atoms with Crippen LogP contribution in [-0.4, -0.2) is 35.4 Å². The quantitative estimate of drug-likeness (QED) is 0.800. The summed E-state index contributed by atoms with van der Waals surface area (Å²) >= 11 is 1.29. The lowest BCUT2D eigenvalue weighted by molar-refractivity contribution is -0.129. The second kappa shape index (κ2) is 7.11. The summed E-state index contributed by atoms with van der Waals surface area (Å²) in [4.78, 5) is 27.5. The van der Waals surface area contributed by atoms with Gasteiger partial charge in [-0.15, -0.1) is 11.3 Å². The van der Waals surface area contributed by atoms with Crippen LogP contribution in [0.25, 0.3) is 0 Å². The number of benzene rings is 1. The lowest BCUT2D eigenvalue weighted by Gasteiger charge is -2.26. The van der Waals surface area contributed by atoms with E-state index in [0.717, 1.165) is 12.0 Å². The fraction of sp³-hybridized carbons (Fsp3) is 0.263. The van der Waals surface area contributed by atoms with Crippen molar-refractivity contribution >= 4 is 23.0 Å².